The van der Waals surface area contributed by atoms with Crippen LogP contribution in [0.5, 0.6) is 0 Å². The lowest BCUT2D eigenvalue weighted by molar-refractivity contribution is -0.114. The summed E-state index contributed by atoms with van der Waals surface area (Å²) < 4.78 is 7.24. The average molecular weight is 348 g/mol. The third kappa shape index (κ3) is 3.06. The zero-order chi connectivity index (χ0) is 18.1. The Labute approximate surface area is 151 Å². The predicted molar refractivity (Wildman–Crippen MR) is 98.5 cm³/mol. The maximum atomic E-state index is 12.5. The molecule has 1 aliphatic rings. The lowest BCUT2D eigenvalue weighted by Crippen LogP contribution is -2.28. The Bertz CT molecular complexity index is 921. The van der Waals surface area contributed by atoms with E-state index in [-0.39, 0.29) is 5.91 Å². The Morgan fingerprint density at radius 1 is 1.35 bits per heavy atom. The van der Waals surface area contributed by atoms with Crippen LogP contribution in [-0.4, -0.2) is 20.7 Å². The van der Waals surface area contributed by atoms with Gasteiger partial charge in [-0.2, -0.15) is 5.10 Å². The van der Waals surface area contributed by atoms with Gasteiger partial charge in [0, 0.05) is 35.5 Å². The summed E-state index contributed by atoms with van der Waals surface area (Å²) in [5.41, 5.74) is 4.04. The van der Waals surface area contributed by atoms with Crippen LogP contribution in [0.1, 0.15) is 30.0 Å². The second-order valence-corrected chi connectivity index (χ2v) is 6.49. The average Bonchev–Trinajstić information content (AvgIpc) is 3.21. The SMILES string of the molecule is C=CC(=O)N(Cc1cnn(C)c1C1CC1)c1ccc(-c2cnco2)cc1. The molecule has 4 rings (SSSR count). The molecule has 2 aromatic heterocycles. The highest BCUT2D eigenvalue weighted by Gasteiger charge is 2.30. The third-order valence-electron chi connectivity index (χ3n) is 4.69. The van der Waals surface area contributed by atoms with Gasteiger partial charge in [-0.3, -0.25) is 9.48 Å². The molecule has 1 amide bonds. The number of oxazole rings is 1. The van der Waals surface area contributed by atoms with Crippen LogP contribution < -0.4 is 4.90 Å². The van der Waals surface area contributed by atoms with E-state index in [1.165, 1.54) is 31.0 Å². The van der Waals surface area contributed by atoms with Crippen molar-refractivity contribution < 1.29 is 9.21 Å². The predicted octanol–water partition coefficient (Wildman–Crippen LogP) is 3.67. The molecule has 6 nitrogen and oxygen atoms in total. The lowest BCUT2D eigenvalue weighted by atomic mass is 10.1. The smallest absolute Gasteiger partial charge is 0.250 e. The highest BCUT2D eigenvalue weighted by molar-refractivity contribution is 6.01. The van der Waals surface area contributed by atoms with Crippen LogP contribution in [0, 0.1) is 0 Å². The number of nitrogens with zero attached hydrogens (tertiary/aromatic N) is 4. The van der Waals surface area contributed by atoms with Crippen molar-refractivity contribution in [2.75, 3.05) is 4.90 Å². The first-order valence-electron chi connectivity index (χ1n) is 8.61. The summed E-state index contributed by atoms with van der Waals surface area (Å²) in [6, 6.07) is 7.66. The summed E-state index contributed by atoms with van der Waals surface area (Å²) in [4.78, 5) is 18.1. The molecule has 0 N–H and O–H groups in total. The van der Waals surface area contributed by atoms with Crippen LogP contribution in [0.3, 0.4) is 0 Å². The molecule has 3 aromatic rings. The second-order valence-electron chi connectivity index (χ2n) is 6.49. The fraction of sp³-hybridized carbons (Fsp3) is 0.250. The molecule has 0 spiro atoms. The number of hydrogen-bond donors (Lipinski definition) is 0. The Balaban J connectivity index is 1.63. The normalized spacial score (nSPS) is 13.6. The Hall–Kier alpha value is -3.15. The van der Waals surface area contributed by atoms with Gasteiger partial charge in [0.05, 0.1) is 18.9 Å². The molecule has 0 bridgehead atoms. The number of carbonyl (C=O) groups excluding carboxylic acids is 1. The fourth-order valence-electron chi connectivity index (χ4n) is 3.24. The van der Waals surface area contributed by atoms with E-state index in [2.05, 4.69) is 16.7 Å². The summed E-state index contributed by atoms with van der Waals surface area (Å²) in [5.74, 6) is 1.12. The van der Waals surface area contributed by atoms with Gasteiger partial charge in [-0.05, 0) is 43.2 Å². The van der Waals surface area contributed by atoms with Crippen molar-refractivity contribution in [2.24, 2.45) is 7.05 Å². The van der Waals surface area contributed by atoms with Crippen molar-refractivity contribution in [3.8, 4) is 11.3 Å². The van der Waals surface area contributed by atoms with Crippen LogP contribution in [0.4, 0.5) is 5.69 Å². The molecule has 0 unspecified atom stereocenters. The lowest BCUT2D eigenvalue weighted by Gasteiger charge is -2.22. The Morgan fingerprint density at radius 2 is 2.12 bits per heavy atom. The molecule has 1 aromatic carbocycles. The van der Waals surface area contributed by atoms with Gasteiger partial charge in [-0.1, -0.05) is 6.58 Å². The molecule has 1 saturated carbocycles. The number of rotatable bonds is 6. The van der Waals surface area contributed by atoms with Crippen molar-refractivity contribution in [1.82, 2.24) is 14.8 Å². The van der Waals surface area contributed by atoms with Crippen molar-refractivity contribution in [3.05, 3.63) is 67.0 Å². The summed E-state index contributed by atoms with van der Waals surface area (Å²) in [7, 11) is 1.96. The second kappa shape index (κ2) is 6.63. The minimum atomic E-state index is -0.136. The van der Waals surface area contributed by atoms with E-state index in [0.717, 1.165) is 16.8 Å². The molecule has 1 aliphatic carbocycles. The van der Waals surface area contributed by atoms with Gasteiger partial charge in [0.25, 0.3) is 5.91 Å². The van der Waals surface area contributed by atoms with E-state index in [0.29, 0.717) is 18.2 Å². The minimum Gasteiger partial charge on any atom is -0.444 e. The minimum absolute atomic E-state index is 0.136. The number of hydrogen-bond acceptors (Lipinski definition) is 4. The van der Waals surface area contributed by atoms with Gasteiger partial charge < -0.3 is 9.32 Å². The summed E-state index contributed by atoms with van der Waals surface area (Å²) in [6.45, 7) is 4.12. The van der Waals surface area contributed by atoms with Gasteiger partial charge in [0.1, 0.15) is 0 Å². The summed E-state index contributed by atoms with van der Waals surface area (Å²) in [6.07, 6.45) is 8.65. The summed E-state index contributed by atoms with van der Waals surface area (Å²) in [5, 5.41) is 4.39. The number of carbonyl (C=O) groups is 1. The maximum absolute atomic E-state index is 12.5. The highest BCUT2D eigenvalue weighted by Crippen LogP contribution is 2.41. The van der Waals surface area contributed by atoms with E-state index in [4.69, 9.17) is 4.42 Å². The monoisotopic (exact) mass is 348 g/mol. The van der Waals surface area contributed by atoms with Crippen LogP contribution >= 0.6 is 0 Å². The van der Waals surface area contributed by atoms with Crippen molar-refractivity contribution >= 4 is 11.6 Å². The molecule has 0 saturated heterocycles. The molecular formula is C20H20N4O2. The zero-order valence-corrected chi connectivity index (χ0v) is 14.6. The topological polar surface area (TPSA) is 64.2 Å². The van der Waals surface area contributed by atoms with E-state index in [1.54, 1.807) is 11.1 Å². The van der Waals surface area contributed by atoms with Crippen LogP contribution in [0.25, 0.3) is 11.3 Å². The number of anilines is 1. The van der Waals surface area contributed by atoms with Gasteiger partial charge in [0.2, 0.25) is 0 Å². The maximum Gasteiger partial charge on any atom is 0.250 e. The number of aryl methyl sites for hydroxylation is 1. The van der Waals surface area contributed by atoms with Crippen molar-refractivity contribution in [3.63, 3.8) is 0 Å². The van der Waals surface area contributed by atoms with E-state index >= 15 is 0 Å². The molecule has 0 atom stereocenters. The molecule has 132 valence electrons. The molecule has 0 radical (unpaired) electrons. The molecule has 6 heteroatoms. The number of amides is 1. The zero-order valence-electron chi connectivity index (χ0n) is 14.6. The highest BCUT2D eigenvalue weighted by atomic mass is 16.3. The summed E-state index contributed by atoms with van der Waals surface area (Å²) >= 11 is 0. The Kier molecular flexibility index (Phi) is 4.16. The quantitative estimate of drug-likeness (QED) is 0.638. The van der Waals surface area contributed by atoms with Gasteiger partial charge >= 0.3 is 0 Å². The first kappa shape index (κ1) is 16.3. The molecule has 0 aliphatic heterocycles. The van der Waals surface area contributed by atoms with Crippen LogP contribution in [-0.2, 0) is 18.4 Å². The molecule has 2 heterocycles. The first-order chi connectivity index (χ1) is 12.7. The van der Waals surface area contributed by atoms with E-state index < -0.39 is 0 Å². The van der Waals surface area contributed by atoms with Crippen LogP contribution in [0.15, 0.2) is 60.1 Å². The van der Waals surface area contributed by atoms with Gasteiger partial charge in [0.15, 0.2) is 12.2 Å². The number of benzene rings is 1. The standard InChI is InChI=1S/C20H20N4O2/c1-3-19(25)24(12-16-10-22-23(2)20(16)15-4-5-15)17-8-6-14(7-9-17)18-11-21-13-26-18/h3,6-11,13,15H,1,4-5,12H2,2H3. The molecule has 26 heavy (non-hydrogen) atoms. The van der Waals surface area contributed by atoms with Gasteiger partial charge in [-0.15, -0.1) is 0 Å². The van der Waals surface area contributed by atoms with Gasteiger partial charge in [-0.25, -0.2) is 4.98 Å². The molecule has 1 fully saturated rings. The number of aromatic nitrogens is 3. The van der Waals surface area contributed by atoms with Crippen molar-refractivity contribution in [2.45, 2.75) is 25.3 Å². The Morgan fingerprint density at radius 3 is 2.73 bits per heavy atom. The van der Waals surface area contributed by atoms with E-state index in [9.17, 15) is 4.79 Å². The van der Waals surface area contributed by atoms with Crippen LogP contribution in [0.2, 0.25) is 0 Å². The third-order valence-corrected chi connectivity index (χ3v) is 4.69. The largest absolute Gasteiger partial charge is 0.444 e. The first-order valence-corrected chi connectivity index (χ1v) is 8.61. The van der Waals surface area contributed by atoms with Crippen molar-refractivity contribution in [1.29, 1.82) is 0 Å². The van der Waals surface area contributed by atoms with E-state index in [1.807, 2.05) is 42.2 Å². The fourth-order valence-corrected chi connectivity index (χ4v) is 3.24. The molecular weight excluding hydrogens is 328 g/mol.